The van der Waals surface area contributed by atoms with Gasteiger partial charge in [0, 0.05) is 19.3 Å². The van der Waals surface area contributed by atoms with Crippen LogP contribution in [-0.4, -0.2) is 50.0 Å². The van der Waals surface area contributed by atoms with E-state index in [0.717, 1.165) is 28.3 Å². The summed E-state index contributed by atoms with van der Waals surface area (Å²) in [5, 5.41) is 9.56. The van der Waals surface area contributed by atoms with Gasteiger partial charge in [-0.1, -0.05) is 41.6 Å². The van der Waals surface area contributed by atoms with Crippen molar-refractivity contribution in [3.05, 3.63) is 47.5 Å². The predicted molar refractivity (Wildman–Crippen MR) is 119 cm³/mol. The molecular formula is C23H29N5OS. The highest BCUT2D eigenvalue weighted by atomic mass is 32.2. The van der Waals surface area contributed by atoms with E-state index in [2.05, 4.69) is 51.3 Å². The van der Waals surface area contributed by atoms with Crippen molar-refractivity contribution in [1.82, 2.24) is 24.6 Å². The number of oxazole rings is 1. The molecule has 0 bridgehead atoms. The maximum atomic E-state index is 5.46. The molecule has 2 aliphatic rings. The molecule has 0 radical (unpaired) electrons. The molecule has 1 spiro atoms. The molecule has 1 saturated heterocycles. The standard InChI is InChI=1S/C23H29N5OS/c1-16-5-7-18(8-6-16)19-13-23(19)9-11-28(14-23)10-4-12-30-22-26-25-21(27(22)3)20-17(2)24-15-29-20/h5-8,15,19H,4,9-14H2,1-3H3. The Labute approximate surface area is 182 Å². The summed E-state index contributed by atoms with van der Waals surface area (Å²) in [5.41, 5.74) is 4.28. The molecule has 1 saturated carbocycles. The second-order valence-electron chi connectivity index (χ2n) is 8.89. The minimum atomic E-state index is 0.551. The summed E-state index contributed by atoms with van der Waals surface area (Å²) in [6, 6.07) is 9.19. The van der Waals surface area contributed by atoms with Crippen molar-refractivity contribution in [2.75, 3.05) is 25.4 Å². The van der Waals surface area contributed by atoms with E-state index < -0.39 is 0 Å². The number of hydrogen-bond donors (Lipinski definition) is 0. The van der Waals surface area contributed by atoms with Gasteiger partial charge in [0.1, 0.15) is 0 Å². The molecule has 30 heavy (non-hydrogen) atoms. The van der Waals surface area contributed by atoms with E-state index in [1.165, 1.54) is 56.4 Å². The van der Waals surface area contributed by atoms with Gasteiger partial charge in [-0.15, -0.1) is 10.2 Å². The number of aromatic nitrogens is 4. The van der Waals surface area contributed by atoms with Crippen molar-refractivity contribution < 1.29 is 4.42 Å². The van der Waals surface area contributed by atoms with E-state index in [4.69, 9.17) is 4.42 Å². The average molecular weight is 424 g/mol. The lowest BCUT2D eigenvalue weighted by molar-refractivity contribution is 0.319. The van der Waals surface area contributed by atoms with Crippen LogP contribution in [0, 0.1) is 19.3 Å². The zero-order valence-corrected chi connectivity index (χ0v) is 18.8. The Morgan fingerprint density at radius 2 is 2.03 bits per heavy atom. The van der Waals surface area contributed by atoms with E-state index in [9.17, 15) is 0 Å². The van der Waals surface area contributed by atoms with Crippen molar-refractivity contribution in [1.29, 1.82) is 0 Å². The monoisotopic (exact) mass is 423 g/mol. The Morgan fingerprint density at radius 3 is 2.80 bits per heavy atom. The van der Waals surface area contributed by atoms with Crippen molar-refractivity contribution in [3.8, 4) is 11.6 Å². The second-order valence-corrected chi connectivity index (χ2v) is 9.95. The molecule has 1 aliphatic carbocycles. The molecule has 0 amide bonds. The number of nitrogens with zero attached hydrogens (tertiary/aromatic N) is 5. The highest BCUT2D eigenvalue weighted by molar-refractivity contribution is 7.99. The summed E-state index contributed by atoms with van der Waals surface area (Å²) in [6.07, 6.45) is 5.34. The molecule has 7 heteroatoms. The highest BCUT2D eigenvalue weighted by Crippen LogP contribution is 2.64. The van der Waals surface area contributed by atoms with Crippen LogP contribution < -0.4 is 0 Å². The summed E-state index contributed by atoms with van der Waals surface area (Å²) in [4.78, 5) is 6.81. The fourth-order valence-electron chi connectivity index (χ4n) is 4.85. The van der Waals surface area contributed by atoms with Gasteiger partial charge in [0.05, 0.1) is 5.69 Å². The fraction of sp³-hybridized carbons (Fsp3) is 0.522. The van der Waals surface area contributed by atoms with Crippen molar-refractivity contribution in [2.45, 2.75) is 44.2 Å². The smallest absolute Gasteiger partial charge is 0.202 e. The number of rotatable bonds is 7. The maximum Gasteiger partial charge on any atom is 0.202 e. The number of likely N-dealkylation sites (tertiary alicyclic amines) is 1. The molecule has 5 rings (SSSR count). The van der Waals surface area contributed by atoms with Gasteiger partial charge in [-0.3, -0.25) is 0 Å². The van der Waals surface area contributed by atoms with Crippen LogP contribution in [0.1, 0.15) is 42.0 Å². The third-order valence-electron chi connectivity index (χ3n) is 6.77. The lowest BCUT2D eigenvalue weighted by Crippen LogP contribution is -2.23. The SMILES string of the molecule is Cc1ccc(C2CC23CCN(CCCSc2nnc(-c4ocnc4C)n2C)C3)cc1. The fourth-order valence-corrected chi connectivity index (χ4v) is 5.69. The first kappa shape index (κ1) is 19.8. The average Bonchev–Trinajstić information content (AvgIpc) is 3.03. The van der Waals surface area contributed by atoms with Gasteiger partial charge in [-0.2, -0.15) is 0 Å². The first-order valence-electron chi connectivity index (χ1n) is 10.8. The van der Waals surface area contributed by atoms with Gasteiger partial charge in [0.15, 0.2) is 17.3 Å². The lowest BCUT2D eigenvalue weighted by atomic mass is 9.98. The molecule has 2 unspecified atom stereocenters. The molecule has 2 fully saturated rings. The number of thioether (sulfide) groups is 1. The topological polar surface area (TPSA) is 60.0 Å². The quantitative estimate of drug-likeness (QED) is 0.413. The molecule has 3 aromatic rings. The Bertz CT molecular complexity index is 1030. The van der Waals surface area contributed by atoms with Crippen LogP contribution in [0.4, 0.5) is 0 Å². The van der Waals surface area contributed by atoms with Gasteiger partial charge in [-0.25, -0.2) is 4.98 Å². The minimum absolute atomic E-state index is 0.551. The van der Waals surface area contributed by atoms with E-state index in [-0.39, 0.29) is 0 Å². The van der Waals surface area contributed by atoms with Crippen LogP contribution in [0.25, 0.3) is 11.6 Å². The van der Waals surface area contributed by atoms with Crippen molar-refractivity contribution in [2.24, 2.45) is 12.5 Å². The predicted octanol–water partition coefficient (Wildman–Crippen LogP) is 4.45. The molecule has 0 N–H and O–H groups in total. The summed E-state index contributed by atoms with van der Waals surface area (Å²) in [5.74, 6) is 3.26. The molecule has 1 aromatic carbocycles. The Morgan fingerprint density at radius 1 is 1.20 bits per heavy atom. The first-order valence-corrected chi connectivity index (χ1v) is 11.8. The third kappa shape index (κ3) is 3.69. The minimum Gasteiger partial charge on any atom is -0.440 e. The number of hydrogen-bond acceptors (Lipinski definition) is 6. The van der Waals surface area contributed by atoms with Crippen LogP contribution in [0.2, 0.25) is 0 Å². The largest absolute Gasteiger partial charge is 0.440 e. The normalized spacial score (nSPS) is 23.5. The summed E-state index contributed by atoms with van der Waals surface area (Å²) in [7, 11) is 1.99. The van der Waals surface area contributed by atoms with Gasteiger partial charge < -0.3 is 13.9 Å². The van der Waals surface area contributed by atoms with Gasteiger partial charge >= 0.3 is 0 Å². The second kappa shape index (κ2) is 7.85. The van der Waals surface area contributed by atoms with E-state index in [0.29, 0.717) is 11.2 Å². The maximum absolute atomic E-state index is 5.46. The van der Waals surface area contributed by atoms with Crippen LogP contribution in [0.5, 0.6) is 0 Å². The van der Waals surface area contributed by atoms with Crippen molar-refractivity contribution >= 4 is 11.8 Å². The summed E-state index contributed by atoms with van der Waals surface area (Å²) < 4.78 is 7.46. The molecule has 6 nitrogen and oxygen atoms in total. The molecule has 2 aromatic heterocycles. The Hall–Kier alpha value is -2.12. The Balaban J connectivity index is 1.09. The Kier molecular flexibility index (Phi) is 5.19. The molecule has 2 atom stereocenters. The first-order chi connectivity index (χ1) is 14.6. The van der Waals surface area contributed by atoms with E-state index in [1.54, 1.807) is 11.8 Å². The van der Waals surface area contributed by atoms with E-state index in [1.807, 2.05) is 18.5 Å². The zero-order valence-electron chi connectivity index (χ0n) is 18.0. The lowest BCUT2D eigenvalue weighted by Gasteiger charge is -2.16. The number of benzene rings is 1. The van der Waals surface area contributed by atoms with Crippen LogP contribution in [0.3, 0.4) is 0 Å². The summed E-state index contributed by atoms with van der Waals surface area (Å²) in [6.45, 7) is 7.76. The highest BCUT2D eigenvalue weighted by Gasteiger charge is 2.57. The van der Waals surface area contributed by atoms with Crippen LogP contribution in [0.15, 0.2) is 40.2 Å². The summed E-state index contributed by atoms with van der Waals surface area (Å²) >= 11 is 1.77. The number of aryl methyl sites for hydroxylation is 2. The molecule has 158 valence electrons. The van der Waals surface area contributed by atoms with Crippen LogP contribution in [-0.2, 0) is 7.05 Å². The molecular weight excluding hydrogens is 394 g/mol. The van der Waals surface area contributed by atoms with Gasteiger partial charge in [0.2, 0.25) is 5.82 Å². The molecule has 3 heterocycles. The van der Waals surface area contributed by atoms with Crippen LogP contribution >= 0.6 is 11.8 Å². The third-order valence-corrected chi connectivity index (χ3v) is 7.87. The van der Waals surface area contributed by atoms with Gasteiger partial charge in [0.25, 0.3) is 0 Å². The van der Waals surface area contributed by atoms with Crippen molar-refractivity contribution in [3.63, 3.8) is 0 Å². The van der Waals surface area contributed by atoms with Gasteiger partial charge in [-0.05, 0) is 63.1 Å². The molecule has 1 aliphatic heterocycles. The van der Waals surface area contributed by atoms with E-state index >= 15 is 0 Å². The zero-order chi connectivity index (χ0) is 20.7.